The summed E-state index contributed by atoms with van der Waals surface area (Å²) in [4.78, 5) is 21.6. The average Bonchev–Trinajstić information content (AvgIpc) is 2.18. The topological polar surface area (TPSA) is 66.4 Å². The van der Waals surface area contributed by atoms with Crippen LogP contribution in [-0.4, -0.2) is 23.4 Å². The zero-order valence-electron chi connectivity index (χ0n) is 8.49. The minimum Gasteiger partial charge on any atom is -0.481 e. The Kier molecular flexibility index (Phi) is 3.85. The summed E-state index contributed by atoms with van der Waals surface area (Å²) in [6, 6.07) is 6.78. The van der Waals surface area contributed by atoms with E-state index in [9.17, 15) is 9.59 Å². The van der Waals surface area contributed by atoms with Gasteiger partial charge in [0.05, 0.1) is 0 Å². The van der Waals surface area contributed by atoms with Crippen molar-refractivity contribution in [2.75, 3.05) is 11.9 Å². The highest BCUT2D eigenvalue weighted by Gasteiger charge is 2.09. The van der Waals surface area contributed by atoms with Crippen LogP contribution in [0.3, 0.4) is 0 Å². The molecule has 0 aromatic heterocycles. The van der Waals surface area contributed by atoms with Crippen molar-refractivity contribution in [3.63, 3.8) is 0 Å². The molecule has 4 heteroatoms. The Balaban J connectivity index is 2.71. The lowest BCUT2D eigenvalue weighted by Gasteiger charge is -2.03. The van der Waals surface area contributed by atoms with Gasteiger partial charge in [0.1, 0.15) is 6.42 Å². The maximum Gasteiger partial charge on any atom is 0.311 e. The summed E-state index contributed by atoms with van der Waals surface area (Å²) < 4.78 is 0. The molecule has 0 atom stereocenters. The molecule has 0 heterocycles. The van der Waals surface area contributed by atoms with E-state index in [1.165, 1.54) is 0 Å². The van der Waals surface area contributed by atoms with Crippen LogP contribution in [0.4, 0.5) is 5.69 Å². The van der Waals surface area contributed by atoms with E-state index in [1.54, 1.807) is 24.3 Å². The van der Waals surface area contributed by atoms with Crippen LogP contribution >= 0.6 is 0 Å². The van der Waals surface area contributed by atoms with E-state index in [4.69, 9.17) is 5.11 Å². The SMILES string of the molecule is CCNc1ccc(C(=O)CC(=O)O)cc1. The van der Waals surface area contributed by atoms with Crippen molar-refractivity contribution in [3.8, 4) is 0 Å². The van der Waals surface area contributed by atoms with Gasteiger partial charge in [0, 0.05) is 17.8 Å². The number of ketones is 1. The Labute approximate surface area is 87.9 Å². The number of hydrogen-bond donors (Lipinski definition) is 2. The van der Waals surface area contributed by atoms with Crippen LogP contribution in [0.15, 0.2) is 24.3 Å². The Hall–Kier alpha value is -1.84. The second-order valence-corrected chi connectivity index (χ2v) is 3.10. The highest BCUT2D eigenvalue weighted by atomic mass is 16.4. The van der Waals surface area contributed by atoms with Crippen LogP contribution in [0.5, 0.6) is 0 Å². The molecule has 0 aliphatic rings. The molecular formula is C11H13NO3. The van der Waals surface area contributed by atoms with Crippen molar-refractivity contribution in [2.45, 2.75) is 13.3 Å². The molecule has 15 heavy (non-hydrogen) atoms. The van der Waals surface area contributed by atoms with Crippen molar-refractivity contribution in [3.05, 3.63) is 29.8 Å². The van der Waals surface area contributed by atoms with Gasteiger partial charge >= 0.3 is 5.97 Å². The van der Waals surface area contributed by atoms with Crippen LogP contribution < -0.4 is 5.32 Å². The fraction of sp³-hybridized carbons (Fsp3) is 0.273. The first kappa shape index (κ1) is 11.2. The Morgan fingerprint density at radius 1 is 1.27 bits per heavy atom. The van der Waals surface area contributed by atoms with E-state index in [-0.39, 0.29) is 5.78 Å². The molecule has 0 aliphatic carbocycles. The van der Waals surface area contributed by atoms with Gasteiger partial charge in [0.15, 0.2) is 5.78 Å². The van der Waals surface area contributed by atoms with Gasteiger partial charge in [0.2, 0.25) is 0 Å². The number of carbonyl (C=O) groups excluding carboxylic acids is 1. The Morgan fingerprint density at radius 2 is 1.87 bits per heavy atom. The largest absolute Gasteiger partial charge is 0.481 e. The van der Waals surface area contributed by atoms with Gasteiger partial charge in [-0.1, -0.05) is 0 Å². The molecule has 0 saturated heterocycles. The summed E-state index contributed by atoms with van der Waals surface area (Å²) in [5.74, 6) is -1.47. The van der Waals surface area contributed by atoms with Crippen molar-refractivity contribution in [1.82, 2.24) is 0 Å². The summed E-state index contributed by atoms with van der Waals surface area (Å²) in [5, 5.41) is 11.5. The maximum absolute atomic E-state index is 11.3. The number of aliphatic carboxylic acids is 1. The van der Waals surface area contributed by atoms with Crippen LogP contribution in [0.25, 0.3) is 0 Å². The third-order valence-electron chi connectivity index (χ3n) is 1.90. The molecule has 4 nitrogen and oxygen atoms in total. The number of hydrogen-bond acceptors (Lipinski definition) is 3. The molecule has 1 aromatic carbocycles. The molecule has 1 rings (SSSR count). The Bertz CT molecular complexity index is 357. The minimum absolute atomic E-state index is 0.370. The summed E-state index contributed by atoms with van der Waals surface area (Å²) in [7, 11) is 0. The van der Waals surface area contributed by atoms with Gasteiger partial charge < -0.3 is 10.4 Å². The summed E-state index contributed by atoms with van der Waals surface area (Å²) in [6.07, 6.45) is -0.458. The molecule has 80 valence electrons. The maximum atomic E-state index is 11.3. The standard InChI is InChI=1S/C11H13NO3/c1-2-12-9-5-3-8(4-6-9)10(13)7-11(14)15/h3-6,12H,2,7H2,1H3,(H,14,15). The summed E-state index contributed by atoms with van der Waals surface area (Å²) in [5.41, 5.74) is 1.35. The number of anilines is 1. The van der Waals surface area contributed by atoms with E-state index in [1.807, 2.05) is 6.92 Å². The third-order valence-corrected chi connectivity index (χ3v) is 1.90. The van der Waals surface area contributed by atoms with Crippen molar-refractivity contribution in [1.29, 1.82) is 0 Å². The summed E-state index contributed by atoms with van der Waals surface area (Å²) in [6.45, 7) is 2.78. The lowest BCUT2D eigenvalue weighted by atomic mass is 10.1. The fourth-order valence-electron chi connectivity index (χ4n) is 1.22. The van der Waals surface area contributed by atoms with Crippen molar-refractivity contribution in [2.24, 2.45) is 0 Å². The smallest absolute Gasteiger partial charge is 0.311 e. The van der Waals surface area contributed by atoms with Gasteiger partial charge in [-0.15, -0.1) is 0 Å². The molecule has 0 radical (unpaired) electrons. The van der Waals surface area contributed by atoms with E-state index in [0.29, 0.717) is 5.56 Å². The monoisotopic (exact) mass is 207 g/mol. The predicted octanol–water partition coefficient (Wildman–Crippen LogP) is 1.78. The molecule has 0 aliphatic heterocycles. The zero-order chi connectivity index (χ0) is 11.3. The molecule has 0 saturated carbocycles. The molecular weight excluding hydrogens is 194 g/mol. The van der Waals surface area contributed by atoms with Crippen molar-refractivity contribution < 1.29 is 14.7 Å². The number of Topliss-reactive ketones (excluding diaryl/α,β-unsaturated/α-hetero) is 1. The third kappa shape index (κ3) is 3.42. The van der Waals surface area contributed by atoms with E-state index in [2.05, 4.69) is 5.32 Å². The number of carboxylic acid groups (broad SMARTS) is 1. The Morgan fingerprint density at radius 3 is 2.33 bits per heavy atom. The zero-order valence-corrected chi connectivity index (χ0v) is 8.49. The number of benzene rings is 1. The van der Waals surface area contributed by atoms with Crippen molar-refractivity contribution >= 4 is 17.4 Å². The molecule has 0 unspecified atom stereocenters. The number of rotatable bonds is 5. The fourth-order valence-corrected chi connectivity index (χ4v) is 1.22. The normalized spacial score (nSPS) is 9.67. The molecule has 1 aromatic rings. The van der Waals surface area contributed by atoms with E-state index in [0.717, 1.165) is 12.2 Å². The second kappa shape index (κ2) is 5.14. The number of nitrogens with one attached hydrogen (secondary N) is 1. The first-order chi connectivity index (χ1) is 7.13. The van der Waals surface area contributed by atoms with Crippen LogP contribution in [0, 0.1) is 0 Å². The lowest BCUT2D eigenvalue weighted by Crippen LogP contribution is -2.07. The number of carboxylic acids is 1. The van der Waals surface area contributed by atoms with Crippen LogP contribution in [-0.2, 0) is 4.79 Å². The first-order valence-corrected chi connectivity index (χ1v) is 4.72. The molecule has 0 fully saturated rings. The molecule has 0 spiro atoms. The molecule has 2 N–H and O–H groups in total. The molecule has 0 bridgehead atoms. The molecule has 0 amide bonds. The van der Waals surface area contributed by atoms with Crippen LogP contribution in [0.2, 0.25) is 0 Å². The average molecular weight is 207 g/mol. The first-order valence-electron chi connectivity index (χ1n) is 4.72. The quantitative estimate of drug-likeness (QED) is 0.570. The second-order valence-electron chi connectivity index (χ2n) is 3.10. The summed E-state index contributed by atoms with van der Waals surface area (Å²) >= 11 is 0. The van der Waals surface area contributed by atoms with E-state index < -0.39 is 12.4 Å². The predicted molar refractivity (Wildman–Crippen MR) is 57.2 cm³/mol. The minimum atomic E-state index is -1.10. The van der Waals surface area contributed by atoms with Gasteiger partial charge in [-0.3, -0.25) is 9.59 Å². The van der Waals surface area contributed by atoms with Gasteiger partial charge in [0.25, 0.3) is 0 Å². The highest BCUT2D eigenvalue weighted by Crippen LogP contribution is 2.10. The van der Waals surface area contributed by atoms with Crippen LogP contribution in [0.1, 0.15) is 23.7 Å². The van der Waals surface area contributed by atoms with Gasteiger partial charge in [-0.25, -0.2) is 0 Å². The van der Waals surface area contributed by atoms with E-state index >= 15 is 0 Å². The number of carbonyl (C=O) groups is 2. The lowest BCUT2D eigenvalue weighted by molar-refractivity contribution is -0.135. The van der Waals surface area contributed by atoms with Gasteiger partial charge in [-0.2, -0.15) is 0 Å². The van der Waals surface area contributed by atoms with Gasteiger partial charge in [-0.05, 0) is 31.2 Å². The highest BCUT2D eigenvalue weighted by molar-refractivity contribution is 6.05.